The van der Waals surface area contributed by atoms with E-state index >= 15 is 0 Å². The molecule has 0 radical (unpaired) electrons. The molecule has 0 unspecified atom stereocenters. The van der Waals surface area contributed by atoms with Gasteiger partial charge in [-0.25, -0.2) is 0 Å². The van der Waals surface area contributed by atoms with Crippen LogP contribution in [0.25, 0.3) is 0 Å². The first kappa shape index (κ1) is 16.5. The lowest BCUT2D eigenvalue weighted by Gasteiger charge is -2.22. The molecule has 1 rings (SSSR count). The summed E-state index contributed by atoms with van der Waals surface area (Å²) in [6.45, 7) is 6.41. The standard InChI is InChI=1S/C13H16N2O6/c1-7-10(14(18)19)6-9(13(2,3)4)8(5-11(16)17)12(7)15(20)21/h6H,5H2,1-4H3,(H,16,17). The summed E-state index contributed by atoms with van der Waals surface area (Å²) in [6.07, 6.45) is -0.554. The summed E-state index contributed by atoms with van der Waals surface area (Å²) in [5.41, 5.74) is -1.34. The summed E-state index contributed by atoms with van der Waals surface area (Å²) in [7, 11) is 0. The van der Waals surface area contributed by atoms with Crippen molar-refractivity contribution in [3.63, 3.8) is 0 Å². The van der Waals surface area contributed by atoms with E-state index < -0.39 is 33.3 Å². The molecular weight excluding hydrogens is 280 g/mol. The number of hydrogen-bond donors (Lipinski definition) is 1. The second-order valence-electron chi connectivity index (χ2n) is 5.73. The van der Waals surface area contributed by atoms with Gasteiger partial charge in [0, 0.05) is 11.6 Å². The molecule has 114 valence electrons. The molecule has 1 aromatic carbocycles. The lowest BCUT2D eigenvalue weighted by atomic mass is 9.81. The molecule has 8 heteroatoms. The van der Waals surface area contributed by atoms with Crippen molar-refractivity contribution in [2.45, 2.75) is 39.5 Å². The molecule has 1 aromatic rings. The zero-order chi connectivity index (χ0) is 16.5. The summed E-state index contributed by atoms with van der Waals surface area (Å²) in [4.78, 5) is 31.9. The summed E-state index contributed by atoms with van der Waals surface area (Å²) < 4.78 is 0. The average molecular weight is 296 g/mol. The molecule has 0 aliphatic carbocycles. The number of nitrogens with zero attached hydrogens (tertiary/aromatic N) is 2. The number of nitro groups is 2. The van der Waals surface area contributed by atoms with E-state index in [1.54, 1.807) is 20.8 Å². The fourth-order valence-electron chi connectivity index (χ4n) is 2.24. The molecular formula is C13H16N2O6. The number of carboxylic acid groups (broad SMARTS) is 1. The van der Waals surface area contributed by atoms with E-state index in [-0.39, 0.29) is 16.8 Å². The third-order valence-electron chi connectivity index (χ3n) is 3.15. The van der Waals surface area contributed by atoms with Crippen LogP contribution in [-0.2, 0) is 16.6 Å². The Morgan fingerprint density at radius 3 is 2.10 bits per heavy atom. The zero-order valence-corrected chi connectivity index (χ0v) is 12.2. The van der Waals surface area contributed by atoms with Crippen molar-refractivity contribution >= 4 is 17.3 Å². The molecule has 0 aliphatic rings. The summed E-state index contributed by atoms with van der Waals surface area (Å²) in [5, 5.41) is 31.3. The van der Waals surface area contributed by atoms with Crippen molar-refractivity contribution in [1.82, 2.24) is 0 Å². The van der Waals surface area contributed by atoms with Crippen LogP contribution >= 0.6 is 0 Å². The minimum atomic E-state index is -1.23. The van der Waals surface area contributed by atoms with Crippen LogP contribution in [0.15, 0.2) is 6.07 Å². The zero-order valence-electron chi connectivity index (χ0n) is 12.2. The number of aliphatic carboxylic acids is 1. The average Bonchev–Trinajstić information content (AvgIpc) is 2.25. The lowest BCUT2D eigenvalue weighted by molar-refractivity contribution is -0.395. The van der Waals surface area contributed by atoms with Crippen molar-refractivity contribution in [3.8, 4) is 0 Å². The van der Waals surface area contributed by atoms with Crippen molar-refractivity contribution < 1.29 is 19.7 Å². The highest BCUT2D eigenvalue weighted by Gasteiger charge is 2.33. The Morgan fingerprint density at radius 2 is 1.76 bits per heavy atom. The number of hydrogen-bond acceptors (Lipinski definition) is 5. The van der Waals surface area contributed by atoms with E-state index in [0.29, 0.717) is 5.56 Å². The molecule has 0 aromatic heterocycles. The molecule has 0 saturated heterocycles. The van der Waals surface area contributed by atoms with Crippen LogP contribution in [0.5, 0.6) is 0 Å². The fraction of sp³-hybridized carbons (Fsp3) is 0.462. The van der Waals surface area contributed by atoms with Gasteiger partial charge in [0.2, 0.25) is 0 Å². The first-order valence-electron chi connectivity index (χ1n) is 6.14. The van der Waals surface area contributed by atoms with Gasteiger partial charge < -0.3 is 5.11 Å². The minimum absolute atomic E-state index is 0.0168. The van der Waals surface area contributed by atoms with Crippen LogP contribution in [0.4, 0.5) is 11.4 Å². The monoisotopic (exact) mass is 296 g/mol. The van der Waals surface area contributed by atoms with Crippen LogP contribution < -0.4 is 0 Å². The molecule has 21 heavy (non-hydrogen) atoms. The van der Waals surface area contributed by atoms with Gasteiger partial charge in [0.05, 0.1) is 16.3 Å². The smallest absolute Gasteiger partial charge is 0.308 e. The molecule has 1 N–H and O–H groups in total. The van der Waals surface area contributed by atoms with Crippen molar-refractivity contribution in [3.05, 3.63) is 43.0 Å². The molecule has 0 aliphatic heterocycles. The van der Waals surface area contributed by atoms with Gasteiger partial charge >= 0.3 is 5.97 Å². The Labute approximate surface area is 120 Å². The molecule has 0 heterocycles. The maximum atomic E-state index is 11.3. The third kappa shape index (κ3) is 3.33. The Balaban J connectivity index is 3.88. The maximum Gasteiger partial charge on any atom is 0.308 e. The van der Waals surface area contributed by atoms with Crippen LogP contribution in [0, 0.1) is 27.2 Å². The van der Waals surface area contributed by atoms with Crippen LogP contribution in [0.1, 0.15) is 37.5 Å². The molecule has 0 bridgehead atoms. The number of carboxylic acids is 1. The van der Waals surface area contributed by atoms with Gasteiger partial charge in [-0.15, -0.1) is 0 Å². The van der Waals surface area contributed by atoms with Gasteiger partial charge in [-0.3, -0.25) is 25.0 Å². The van der Waals surface area contributed by atoms with E-state index in [0.717, 1.165) is 0 Å². The molecule has 0 fully saturated rings. The van der Waals surface area contributed by atoms with Crippen LogP contribution in [0.2, 0.25) is 0 Å². The van der Waals surface area contributed by atoms with Gasteiger partial charge in [0.15, 0.2) is 0 Å². The second-order valence-corrected chi connectivity index (χ2v) is 5.73. The van der Waals surface area contributed by atoms with Gasteiger partial charge in [-0.1, -0.05) is 20.8 Å². The van der Waals surface area contributed by atoms with Gasteiger partial charge in [0.1, 0.15) is 5.56 Å². The fourth-order valence-corrected chi connectivity index (χ4v) is 2.24. The molecule has 0 saturated carbocycles. The van der Waals surface area contributed by atoms with E-state index in [1.165, 1.54) is 13.0 Å². The topological polar surface area (TPSA) is 124 Å². The minimum Gasteiger partial charge on any atom is -0.481 e. The number of nitro benzene ring substituents is 2. The molecule has 0 amide bonds. The third-order valence-corrected chi connectivity index (χ3v) is 3.15. The van der Waals surface area contributed by atoms with Crippen LogP contribution in [0.3, 0.4) is 0 Å². The van der Waals surface area contributed by atoms with Gasteiger partial charge in [-0.2, -0.15) is 0 Å². The quantitative estimate of drug-likeness (QED) is 0.672. The predicted octanol–water partition coefficient (Wildman–Crippen LogP) is 2.74. The first-order chi connectivity index (χ1) is 9.46. The molecule has 8 nitrogen and oxygen atoms in total. The van der Waals surface area contributed by atoms with Gasteiger partial charge in [-0.05, 0) is 17.9 Å². The molecule has 0 atom stereocenters. The predicted molar refractivity (Wildman–Crippen MR) is 74.5 cm³/mol. The highest BCUT2D eigenvalue weighted by Crippen LogP contribution is 2.39. The van der Waals surface area contributed by atoms with Crippen molar-refractivity contribution in [2.75, 3.05) is 0 Å². The Bertz CT molecular complexity index is 631. The number of rotatable bonds is 4. The SMILES string of the molecule is Cc1c([N+](=O)[O-])cc(C(C)(C)C)c(CC(=O)O)c1[N+](=O)[O-]. The normalized spacial score (nSPS) is 11.2. The van der Waals surface area contributed by atoms with Gasteiger partial charge in [0.25, 0.3) is 11.4 Å². The highest BCUT2D eigenvalue weighted by atomic mass is 16.6. The van der Waals surface area contributed by atoms with E-state index in [1.807, 2.05) is 0 Å². The van der Waals surface area contributed by atoms with Crippen molar-refractivity contribution in [2.24, 2.45) is 0 Å². The lowest BCUT2D eigenvalue weighted by Crippen LogP contribution is -2.19. The van der Waals surface area contributed by atoms with E-state index in [4.69, 9.17) is 5.11 Å². The Kier molecular flexibility index (Phi) is 4.31. The summed E-state index contributed by atoms with van der Waals surface area (Å²) in [6, 6.07) is 1.24. The largest absolute Gasteiger partial charge is 0.481 e. The van der Waals surface area contributed by atoms with E-state index in [9.17, 15) is 25.0 Å². The second kappa shape index (κ2) is 5.47. The Hall–Kier alpha value is -2.51. The number of benzene rings is 1. The summed E-state index contributed by atoms with van der Waals surface area (Å²) >= 11 is 0. The maximum absolute atomic E-state index is 11.3. The van der Waals surface area contributed by atoms with Crippen LogP contribution in [-0.4, -0.2) is 20.9 Å². The van der Waals surface area contributed by atoms with Crippen molar-refractivity contribution in [1.29, 1.82) is 0 Å². The molecule has 0 spiro atoms. The first-order valence-corrected chi connectivity index (χ1v) is 6.14. The highest BCUT2D eigenvalue weighted by molar-refractivity contribution is 5.75. The summed E-state index contributed by atoms with van der Waals surface area (Å²) in [5.74, 6) is -1.23. The number of carbonyl (C=O) groups is 1. The van der Waals surface area contributed by atoms with E-state index in [2.05, 4.69) is 0 Å². The Morgan fingerprint density at radius 1 is 1.24 bits per heavy atom.